The summed E-state index contributed by atoms with van der Waals surface area (Å²) >= 11 is 0. The topological polar surface area (TPSA) is 143 Å². The number of hydrogen-bond donors (Lipinski definition) is 6. The molecule has 0 atom stereocenters. The van der Waals surface area contributed by atoms with Crippen molar-refractivity contribution >= 4 is 11.5 Å². The fourth-order valence-electron chi connectivity index (χ4n) is 1.48. The minimum absolute atomic E-state index is 0.0481. The maximum Gasteiger partial charge on any atom is 0.207 e. The molecular weight excluding hydrogens is 268 g/mol. The Bertz CT molecular complexity index is 435. The second kappa shape index (κ2) is 7.75. The summed E-state index contributed by atoms with van der Waals surface area (Å²) in [6, 6.07) is -1.52. The summed E-state index contributed by atoms with van der Waals surface area (Å²) < 4.78 is 0. The molecule has 0 saturated carbocycles. The van der Waals surface area contributed by atoms with E-state index in [0.717, 1.165) is 6.08 Å². The summed E-state index contributed by atoms with van der Waals surface area (Å²) in [5.41, 5.74) is 0.0686. The van der Waals surface area contributed by atoms with E-state index < -0.39 is 31.1 Å². The summed E-state index contributed by atoms with van der Waals surface area (Å²) in [4.78, 5) is 15.5. The highest BCUT2D eigenvalue weighted by molar-refractivity contribution is 6.49. The molecule has 8 heteroatoms. The van der Waals surface area contributed by atoms with Crippen LogP contribution in [0.4, 0.5) is 0 Å². The third-order valence-electron chi connectivity index (χ3n) is 2.62. The van der Waals surface area contributed by atoms with E-state index in [-0.39, 0.29) is 30.4 Å². The summed E-state index contributed by atoms with van der Waals surface area (Å²) in [5.74, 6) is -0.908. The molecule has 0 spiro atoms. The quantitative estimate of drug-likeness (QED) is 0.287. The van der Waals surface area contributed by atoms with Crippen molar-refractivity contribution in [2.75, 3.05) is 26.4 Å². The fourth-order valence-corrected chi connectivity index (χ4v) is 1.48. The van der Waals surface area contributed by atoms with Crippen LogP contribution in [0.1, 0.15) is 0 Å². The van der Waals surface area contributed by atoms with Crippen LogP contribution in [0.5, 0.6) is 0 Å². The zero-order chi connectivity index (χ0) is 15.1. The van der Waals surface area contributed by atoms with Gasteiger partial charge in [-0.15, -0.1) is 0 Å². The number of rotatable bonds is 7. The van der Waals surface area contributed by atoms with Crippen LogP contribution in [0.25, 0.3) is 0 Å². The molecule has 8 nitrogen and oxygen atoms in total. The lowest BCUT2D eigenvalue weighted by molar-refractivity contribution is -0.109. The Hall–Kier alpha value is -1.74. The normalized spacial score (nSPS) is 17.7. The number of aliphatic hydroxyl groups is 5. The number of nitrogens with zero attached hydrogens (tertiary/aromatic N) is 1. The molecule has 0 amide bonds. The van der Waals surface area contributed by atoms with E-state index in [2.05, 4.69) is 10.3 Å². The highest BCUT2D eigenvalue weighted by atomic mass is 16.3. The molecule has 0 unspecified atom stereocenters. The molecule has 112 valence electrons. The van der Waals surface area contributed by atoms with Gasteiger partial charge in [0, 0.05) is 6.08 Å². The van der Waals surface area contributed by atoms with Crippen molar-refractivity contribution in [2.24, 2.45) is 4.99 Å². The van der Waals surface area contributed by atoms with Gasteiger partial charge in [-0.1, -0.05) is 0 Å². The third kappa shape index (κ3) is 4.14. The van der Waals surface area contributed by atoms with Crippen molar-refractivity contribution in [3.05, 3.63) is 23.6 Å². The lowest BCUT2D eigenvalue weighted by atomic mass is 10.1. The van der Waals surface area contributed by atoms with Gasteiger partial charge in [0.25, 0.3) is 0 Å². The minimum atomic E-state index is -0.827. The number of ketones is 1. The number of allylic oxidation sites excluding steroid dienone is 2. The van der Waals surface area contributed by atoms with Crippen molar-refractivity contribution in [1.29, 1.82) is 0 Å². The molecule has 0 aromatic heterocycles. The maximum absolute atomic E-state index is 11.6. The Morgan fingerprint density at radius 2 is 1.65 bits per heavy atom. The summed E-state index contributed by atoms with van der Waals surface area (Å²) in [5, 5.41) is 48.1. The van der Waals surface area contributed by atoms with E-state index in [9.17, 15) is 9.90 Å². The number of aliphatic hydroxyl groups excluding tert-OH is 5. The monoisotopic (exact) mass is 286 g/mol. The number of carbonyl (C=O) groups excluding carboxylic acids is 1. The molecule has 0 aliphatic heterocycles. The molecule has 0 radical (unpaired) electrons. The van der Waals surface area contributed by atoms with Gasteiger partial charge in [-0.25, -0.2) is 0 Å². The van der Waals surface area contributed by atoms with Crippen molar-refractivity contribution in [1.82, 2.24) is 5.32 Å². The van der Waals surface area contributed by atoms with Gasteiger partial charge in [-0.05, 0) is 6.08 Å². The summed E-state index contributed by atoms with van der Waals surface area (Å²) in [7, 11) is 0. The maximum atomic E-state index is 11.6. The van der Waals surface area contributed by atoms with E-state index in [0.29, 0.717) is 0 Å². The molecular formula is C12H18N2O6. The van der Waals surface area contributed by atoms with Gasteiger partial charge in [0.2, 0.25) is 5.78 Å². The highest BCUT2D eigenvalue weighted by Gasteiger charge is 2.21. The molecule has 0 fully saturated rings. The second-order valence-corrected chi connectivity index (χ2v) is 4.19. The standard InChI is InChI=1S/C12H18N2O6/c15-3-7(4-16)13-9-1-10(12(20)2-11(9)19)14-8(5-17)6-18/h1-2,7-8,13,15-19H,3-6H2. The van der Waals surface area contributed by atoms with Gasteiger partial charge in [0.05, 0.1) is 44.2 Å². The highest BCUT2D eigenvalue weighted by Crippen LogP contribution is 2.12. The van der Waals surface area contributed by atoms with Crippen molar-refractivity contribution in [3.8, 4) is 0 Å². The van der Waals surface area contributed by atoms with Gasteiger partial charge >= 0.3 is 0 Å². The zero-order valence-electron chi connectivity index (χ0n) is 10.7. The molecule has 0 bridgehead atoms. The number of hydrogen-bond acceptors (Lipinski definition) is 8. The molecule has 1 aliphatic rings. The van der Waals surface area contributed by atoms with Crippen LogP contribution >= 0.6 is 0 Å². The van der Waals surface area contributed by atoms with Crippen molar-refractivity contribution in [2.45, 2.75) is 12.1 Å². The van der Waals surface area contributed by atoms with Crippen LogP contribution in [0.3, 0.4) is 0 Å². The zero-order valence-corrected chi connectivity index (χ0v) is 10.7. The lowest BCUT2D eigenvalue weighted by Crippen LogP contribution is -2.37. The predicted octanol–water partition coefficient (Wildman–Crippen LogP) is -2.37. The smallest absolute Gasteiger partial charge is 0.207 e. The lowest BCUT2D eigenvalue weighted by Gasteiger charge is -2.20. The fraction of sp³-hybridized carbons (Fsp3) is 0.500. The molecule has 20 heavy (non-hydrogen) atoms. The van der Waals surface area contributed by atoms with E-state index in [1.54, 1.807) is 0 Å². The van der Waals surface area contributed by atoms with Crippen LogP contribution in [-0.2, 0) is 4.79 Å². The summed E-state index contributed by atoms with van der Waals surface area (Å²) in [6.45, 7) is -1.57. The first kappa shape index (κ1) is 16.3. The first-order valence-electron chi connectivity index (χ1n) is 6.00. The van der Waals surface area contributed by atoms with Gasteiger partial charge in [0.15, 0.2) is 0 Å². The second-order valence-electron chi connectivity index (χ2n) is 4.19. The Balaban J connectivity index is 2.98. The van der Waals surface area contributed by atoms with E-state index in [4.69, 9.17) is 20.4 Å². The van der Waals surface area contributed by atoms with Gasteiger partial charge in [-0.2, -0.15) is 0 Å². The van der Waals surface area contributed by atoms with E-state index >= 15 is 0 Å². The van der Waals surface area contributed by atoms with Crippen molar-refractivity contribution < 1.29 is 30.3 Å². The summed E-state index contributed by atoms with van der Waals surface area (Å²) in [6.07, 6.45) is 2.16. The SMILES string of the molecule is O=C1C=C(O)C(NC(CO)CO)=CC1=NC(CO)CO. The van der Waals surface area contributed by atoms with Crippen LogP contribution in [0.2, 0.25) is 0 Å². The minimum Gasteiger partial charge on any atom is -0.506 e. The Morgan fingerprint density at radius 1 is 1.05 bits per heavy atom. The molecule has 1 aliphatic carbocycles. The first-order chi connectivity index (χ1) is 9.55. The molecule has 0 saturated heterocycles. The predicted molar refractivity (Wildman–Crippen MR) is 70.3 cm³/mol. The molecule has 1 rings (SSSR count). The number of aliphatic imine (C=N–C) groups is 1. The van der Waals surface area contributed by atoms with Crippen LogP contribution in [0, 0.1) is 0 Å². The Labute approximate surface area is 115 Å². The molecule has 6 N–H and O–H groups in total. The van der Waals surface area contributed by atoms with Gasteiger partial charge < -0.3 is 30.8 Å². The van der Waals surface area contributed by atoms with Crippen molar-refractivity contribution in [3.63, 3.8) is 0 Å². The van der Waals surface area contributed by atoms with Gasteiger partial charge in [-0.3, -0.25) is 9.79 Å². The largest absolute Gasteiger partial charge is 0.506 e. The average Bonchev–Trinajstić information content (AvgIpc) is 2.45. The Morgan fingerprint density at radius 3 is 2.15 bits per heavy atom. The van der Waals surface area contributed by atoms with Crippen LogP contribution in [0.15, 0.2) is 28.6 Å². The number of carbonyl (C=O) groups is 1. The van der Waals surface area contributed by atoms with E-state index in [1.165, 1.54) is 6.08 Å². The van der Waals surface area contributed by atoms with Gasteiger partial charge in [0.1, 0.15) is 11.5 Å². The average molecular weight is 286 g/mol. The molecule has 0 aromatic rings. The van der Waals surface area contributed by atoms with Crippen LogP contribution < -0.4 is 5.32 Å². The Kier molecular flexibility index (Phi) is 6.32. The molecule has 0 heterocycles. The third-order valence-corrected chi connectivity index (χ3v) is 2.62. The first-order valence-corrected chi connectivity index (χ1v) is 6.00. The number of nitrogens with one attached hydrogen (secondary N) is 1. The van der Waals surface area contributed by atoms with Crippen LogP contribution in [-0.4, -0.2) is 75.5 Å². The molecule has 0 aromatic carbocycles. The van der Waals surface area contributed by atoms with E-state index in [1.807, 2.05) is 0 Å².